The topological polar surface area (TPSA) is 95.9 Å². The molecular weight excluding hydrogens is 238 g/mol. The molecule has 0 spiro atoms. The number of phenols is 1. The predicted molar refractivity (Wildman–Crippen MR) is 63.2 cm³/mol. The molecule has 3 N–H and O–H groups in total. The van der Waals surface area contributed by atoms with E-state index >= 15 is 0 Å². The van der Waals surface area contributed by atoms with Gasteiger partial charge >= 0.3 is 12.1 Å². The summed E-state index contributed by atoms with van der Waals surface area (Å²) in [5.41, 5.74) is 0.0838. The lowest BCUT2D eigenvalue weighted by atomic mass is 10.1. The zero-order chi connectivity index (χ0) is 13.5. The first-order chi connectivity index (χ1) is 8.56. The van der Waals surface area contributed by atoms with Gasteiger partial charge in [-0.2, -0.15) is 0 Å². The van der Waals surface area contributed by atoms with Crippen LogP contribution >= 0.6 is 0 Å². The van der Waals surface area contributed by atoms with Crippen LogP contribution in [0.25, 0.3) is 0 Å². The van der Waals surface area contributed by atoms with E-state index in [4.69, 9.17) is 5.11 Å². The average Bonchev–Trinajstić information content (AvgIpc) is 2.34. The summed E-state index contributed by atoms with van der Waals surface area (Å²) in [6.07, 6.45) is 0.459. The van der Waals surface area contributed by atoms with E-state index in [0.717, 1.165) is 0 Å². The lowest BCUT2D eigenvalue weighted by Gasteiger charge is -2.15. The second-order valence-corrected chi connectivity index (χ2v) is 3.36. The summed E-state index contributed by atoms with van der Waals surface area (Å²) in [6, 6.07) is 4.47. The van der Waals surface area contributed by atoms with Gasteiger partial charge in [0.25, 0.3) is 0 Å². The Labute approximate surface area is 104 Å². The highest BCUT2D eigenvalue weighted by atomic mass is 16.5. The van der Waals surface area contributed by atoms with Crippen molar-refractivity contribution in [3.05, 3.63) is 42.5 Å². The van der Waals surface area contributed by atoms with Gasteiger partial charge in [-0.05, 0) is 6.07 Å². The van der Waals surface area contributed by atoms with E-state index < -0.39 is 18.1 Å². The van der Waals surface area contributed by atoms with Crippen molar-refractivity contribution in [1.82, 2.24) is 5.32 Å². The number of carbonyl (C=O) groups excluding carboxylic acids is 1. The molecule has 0 fully saturated rings. The molecule has 96 valence electrons. The summed E-state index contributed by atoms with van der Waals surface area (Å²) in [4.78, 5) is 22.3. The zero-order valence-electron chi connectivity index (χ0n) is 9.50. The third kappa shape index (κ3) is 3.51. The molecular formula is C12H13NO5. The van der Waals surface area contributed by atoms with E-state index in [1.54, 1.807) is 12.1 Å². The van der Waals surface area contributed by atoms with Crippen LogP contribution in [-0.4, -0.2) is 28.9 Å². The maximum Gasteiger partial charge on any atom is 0.408 e. The third-order valence-electron chi connectivity index (χ3n) is 2.09. The van der Waals surface area contributed by atoms with E-state index in [0.29, 0.717) is 0 Å². The molecule has 0 aliphatic heterocycles. The minimum absolute atomic E-state index is 0.0288. The Bertz CT molecular complexity index is 458. The number of carboxylic acids is 1. The number of alkyl carbamates (subject to hydrolysis) is 1. The standard InChI is InChI=1S/C12H13NO5/c1-2-7-18-12(17)13-10(11(15)16)8-5-3-4-6-9(8)14/h2-6,10,14H,1,7H2,(H,13,17)(H,15,16). The fraction of sp³-hybridized carbons (Fsp3) is 0.167. The van der Waals surface area contributed by atoms with Gasteiger partial charge in [0.05, 0.1) is 0 Å². The number of benzene rings is 1. The molecule has 0 aromatic heterocycles. The molecule has 0 aliphatic carbocycles. The number of amides is 1. The highest BCUT2D eigenvalue weighted by Crippen LogP contribution is 2.23. The molecule has 1 aromatic carbocycles. The molecule has 0 saturated heterocycles. The predicted octanol–water partition coefficient (Wildman–Crippen LogP) is 1.43. The van der Waals surface area contributed by atoms with E-state index in [1.165, 1.54) is 18.2 Å². The van der Waals surface area contributed by atoms with Crippen molar-refractivity contribution >= 4 is 12.1 Å². The second-order valence-electron chi connectivity index (χ2n) is 3.36. The first-order valence-electron chi connectivity index (χ1n) is 5.11. The Morgan fingerprint density at radius 1 is 1.44 bits per heavy atom. The largest absolute Gasteiger partial charge is 0.508 e. The molecule has 6 nitrogen and oxygen atoms in total. The lowest BCUT2D eigenvalue weighted by Crippen LogP contribution is -2.34. The van der Waals surface area contributed by atoms with Crippen molar-refractivity contribution in [2.24, 2.45) is 0 Å². The van der Waals surface area contributed by atoms with E-state index in [9.17, 15) is 14.7 Å². The first-order valence-corrected chi connectivity index (χ1v) is 5.11. The molecule has 1 amide bonds. The minimum Gasteiger partial charge on any atom is -0.508 e. The summed E-state index contributed by atoms with van der Waals surface area (Å²) in [5, 5.41) is 20.7. The van der Waals surface area contributed by atoms with Crippen LogP contribution in [0.1, 0.15) is 11.6 Å². The van der Waals surface area contributed by atoms with Crippen molar-refractivity contribution in [2.75, 3.05) is 6.61 Å². The third-order valence-corrected chi connectivity index (χ3v) is 2.09. The summed E-state index contributed by atoms with van der Waals surface area (Å²) in [7, 11) is 0. The number of hydrogen-bond donors (Lipinski definition) is 3. The van der Waals surface area contributed by atoms with Gasteiger partial charge in [0.15, 0.2) is 6.04 Å². The number of rotatable bonds is 5. The molecule has 0 bridgehead atoms. The fourth-order valence-corrected chi connectivity index (χ4v) is 1.30. The molecule has 0 aliphatic rings. The Kier molecular flexibility index (Phi) is 4.74. The van der Waals surface area contributed by atoms with Crippen LogP contribution in [0.4, 0.5) is 4.79 Å². The van der Waals surface area contributed by atoms with E-state index in [-0.39, 0.29) is 17.9 Å². The molecule has 0 heterocycles. The smallest absolute Gasteiger partial charge is 0.408 e. The summed E-state index contributed by atoms with van der Waals surface area (Å²) >= 11 is 0. The van der Waals surface area contributed by atoms with Gasteiger partial charge in [0.2, 0.25) is 0 Å². The maximum absolute atomic E-state index is 11.3. The molecule has 1 atom stereocenters. The van der Waals surface area contributed by atoms with Gasteiger partial charge in [-0.1, -0.05) is 30.9 Å². The number of hydrogen-bond acceptors (Lipinski definition) is 4. The van der Waals surface area contributed by atoms with Crippen LogP contribution in [0.15, 0.2) is 36.9 Å². The summed E-state index contributed by atoms with van der Waals surface area (Å²) in [5.74, 6) is -1.51. The Morgan fingerprint density at radius 3 is 2.67 bits per heavy atom. The van der Waals surface area contributed by atoms with Gasteiger partial charge in [-0.3, -0.25) is 0 Å². The molecule has 6 heteroatoms. The van der Waals surface area contributed by atoms with Crippen molar-refractivity contribution < 1.29 is 24.5 Å². The SMILES string of the molecule is C=CCOC(=O)NC(C(=O)O)c1ccccc1O. The van der Waals surface area contributed by atoms with Crippen LogP contribution in [0.2, 0.25) is 0 Å². The zero-order valence-corrected chi connectivity index (χ0v) is 9.50. The molecule has 0 saturated carbocycles. The number of ether oxygens (including phenoxy) is 1. The van der Waals surface area contributed by atoms with Gasteiger partial charge in [0, 0.05) is 5.56 Å². The molecule has 18 heavy (non-hydrogen) atoms. The van der Waals surface area contributed by atoms with Gasteiger partial charge in [-0.25, -0.2) is 9.59 Å². The minimum atomic E-state index is -1.37. The van der Waals surface area contributed by atoms with Crippen molar-refractivity contribution in [3.63, 3.8) is 0 Å². The maximum atomic E-state index is 11.3. The Balaban J connectivity index is 2.84. The summed E-state index contributed by atoms with van der Waals surface area (Å²) < 4.78 is 4.62. The summed E-state index contributed by atoms with van der Waals surface area (Å²) in [6.45, 7) is 3.33. The highest BCUT2D eigenvalue weighted by molar-refractivity contribution is 5.82. The monoisotopic (exact) mass is 251 g/mol. The normalized spacial score (nSPS) is 11.3. The molecule has 1 aromatic rings. The second kappa shape index (κ2) is 6.29. The molecule has 0 radical (unpaired) electrons. The molecule has 1 unspecified atom stereocenters. The van der Waals surface area contributed by atoms with Crippen LogP contribution in [0.5, 0.6) is 5.75 Å². The number of carbonyl (C=O) groups is 2. The lowest BCUT2D eigenvalue weighted by molar-refractivity contribution is -0.139. The number of aromatic hydroxyl groups is 1. The Morgan fingerprint density at radius 2 is 2.11 bits per heavy atom. The number of nitrogens with one attached hydrogen (secondary N) is 1. The number of para-hydroxylation sites is 1. The van der Waals surface area contributed by atoms with E-state index in [2.05, 4.69) is 16.6 Å². The first kappa shape index (κ1) is 13.6. The number of carboxylic acid groups (broad SMARTS) is 1. The van der Waals surface area contributed by atoms with E-state index in [1.807, 2.05) is 0 Å². The number of aliphatic carboxylic acids is 1. The van der Waals surface area contributed by atoms with Gasteiger partial charge < -0.3 is 20.3 Å². The van der Waals surface area contributed by atoms with Crippen LogP contribution in [-0.2, 0) is 9.53 Å². The van der Waals surface area contributed by atoms with Crippen LogP contribution in [0, 0.1) is 0 Å². The van der Waals surface area contributed by atoms with Crippen LogP contribution < -0.4 is 5.32 Å². The fourth-order valence-electron chi connectivity index (χ4n) is 1.30. The quantitative estimate of drug-likeness (QED) is 0.688. The number of phenolic OH excluding ortho intramolecular Hbond substituents is 1. The molecule has 1 rings (SSSR count). The van der Waals surface area contributed by atoms with Crippen LogP contribution in [0.3, 0.4) is 0 Å². The average molecular weight is 251 g/mol. The Hall–Kier alpha value is -2.50. The van der Waals surface area contributed by atoms with Gasteiger partial charge in [0.1, 0.15) is 12.4 Å². The van der Waals surface area contributed by atoms with Gasteiger partial charge in [-0.15, -0.1) is 0 Å². The van der Waals surface area contributed by atoms with Crippen molar-refractivity contribution in [1.29, 1.82) is 0 Å². The highest BCUT2D eigenvalue weighted by Gasteiger charge is 2.25. The van der Waals surface area contributed by atoms with Crippen molar-refractivity contribution in [3.8, 4) is 5.75 Å². The van der Waals surface area contributed by atoms with Crippen molar-refractivity contribution in [2.45, 2.75) is 6.04 Å².